The fraction of sp³-hybridized carbons (Fsp3) is 0.538. The molecule has 4 nitrogen and oxygen atoms in total. The summed E-state index contributed by atoms with van der Waals surface area (Å²) in [7, 11) is -2.90. The van der Waals surface area contributed by atoms with E-state index in [0.29, 0.717) is 18.2 Å². The number of rotatable bonds is 7. The van der Waals surface area contributed by atoms with Crippen molar-refractivity contribution in [1.82, 2.24) is 0 Å². The molecule has 1 aromatic carbocycles. The van der Waals surface area contributed by atoms with Crippen molar-refractivity contribution in [2.45, 2.75) is 29.5 Å². The second kappa shape index (κ2) is 6.05. The second-order valence-corrected chi connectivity index (χ2v) is 6.79. The lowest BCUT2D eigenvalue weighted by molar-refractivity contribution is 0.179. The van der Waals surface area contributed by atoms with Crippen LogP contribution in [0, 0.1) is 5.92 Å². The van der Waals surface area contributed by atoms with Gasteiger partial charge in [-0.1, -0.05) is 0 Å². The third-order valence-corrected chi connectivity index (χ3v) is 4.71. The standard InChI is InChI=1S/C13H17F2NO3S/c1-19-8-12(9-2-3-9)16-10-4-6-11(7-5-10)20(17,18)13(14)15/h4-7,9,12-13,16H,2-3,8H2,1H3. The lowest BCUT2D eigenvalue weighted by Gasteiger charge is -2.18. The van der Waals surface area contributed by atoms with Crippen LogP contribution in [0.1, 0.15) is 12.8 Å². The normalized spacial score (nSPS) is 17.2. The van der Waals surface area contributed by atoms with E-state index in [1.165, 1.54) is 24.3 Å². The smallest absolute Gasteiger partial charge is 0.341 e. The fourth-order valence-electron chi connectivity index (χ4n) is 2.03. The highest BCUT2D eigenvalue weighted by Crippen LogP contribution is 2.34. The molecule has 1 aliphatic carbocycles. The summed E-state index contributed by atoms with van der Waals surface area (Å²) in [4.78, 5) is -0.368. The van der Waals surface area contributed by atoms with Gasteiger partial charge in [0.15, 0.2) is 0 Å². The zero-order valence-electron chi connectivity index (χ0n) is 11.1. The van der Waals surface area contributed by atoms with Crippen LogP contribution in [0.25, 0.3) is 0 Å². The first-order valence-electron chi connectivity index (χ1n) is 6.32. The summed E-state index contributed by atoms with van der Waals surface area (Å²) >= 11 is 0. The lowest BCUT2D eigenvalue weighted by atomic mass is 10.2. The third kappa shape index (κ3) is 3.46. The average Bonchev–Trinajstić information content (AvgIpc) is 3.23. The van der Waals surface area contributed by atoms with E-state index in [4.69, 9.17) is 4.74 Å². The first kappa shape index (κ1) is 15.2. The SMILES string of the molecule is COCC(Nc1ccc(S(=O)(=O)C(F)F)cc1)C1CC1. The summed E-state index contributed by atoms with van der Waals surface area (Å²) in [5.41, 5.74) is 0.701. The van der Waals surface area contributed by atoms with Gasteiger partial charge in [-0.3, -0.25) is 0 Å². The van der Waals surface area contributed by atoms with Gasteiger partial charge in [-0.25, -0.2) is 8.42 Å². The van der Waals surface area contributed by atoms with Crippen LogP contribution >= 0.6 is 0 Å². The summed E-state index contributed by atoms with van der Waals surface area (Å²) in [6.07, 6.45) is 2.28. The first-order valence-corrected chi connectivity index (χ1v) is 7.87. The molecule has 1 N–H and O–H groups in total. The molecule has 0 spiro atoms. The summed E-state index contributed by atoms with van der Waals surface area (Å²) in [6, 6.07) is 5.56. The molecule has 112 valence electrons. The van der Waals surface area contributed by atoms with Crippen molar-refractivity contribution in [3.8, 4) is 0 Å². The Morgan fingerprint density at radius 2 is 1.90 bits per heavy atom. The van der Waals surface area contributed by atoms with Crippen LogP contribution in [0.15, 0.2) is 29.2 Å². The molecular weight excluding hydrogens is 288 g/mol. The number of alkyl halides is 2. The Labute approximate surface area is 117 Å². The van der Waals surface area contributed by atoms with Crippen LogP contribution in [-0.4, -0.2) is 33.9 Å². The van der Waals surface area contributed by atoms with E-state index in [1.54, 1.807) is 7.11 Å². The number of benzene rings is 1. The van der Waals surface area contributed by atoms with Crippen molar-refractivity contribution in [3.63, 3.8) is 0 Å². The number of hydrogen-bond donors (Lipinski definition) is 1. The molecule has 1 fully saturated rings. The minimum Gasteiger partial charge on any atom is -0.383 e. The quantitative estimate of drug-likeness (QED) is 0.841. The van der Waals surface area contributed by atoms with E-state index in [2.05, 4.69) is 5.32 Å². The molecule has 0 saturated heterocycles. The molecule has 0 radical (unpaired) electrons. The van der Waals surface area contributed by atoms with Gasteiger partial charge in [0.1, 0.15) is 0 Å². The van der Waals surface area contributed by atoms with Crippen molar-refractivity contribution >= 4 is 15.5 Å². The molecule has 2 rings (SSSR count). The van der Waals surface area contributed by atoms with E-state index in [0.717, 1.165) is 12.8 Å². The van der Waals surface area contributed by atoms with Crippen LogP contribution in [0.3, 0.4) is 0 Å². The maximum Gasteiger partial charge on any atom is 0.341 e. The van der Waals surface area contributed by atoms with E-state index in [9.17, 15) is 17.2 Å². The van der Waals surface area contributed by atoms with Crippen LogP contribution in [-0.2, 0) is 14.6 Å². The number of ether oxygens (including phenoxy) is 1. The molecular formula is C13H17F2NO3S. The van der Waals surface area contributed by atoms with Crippen molar-refractivity contribution in [3.05, 3.63) is 24.3 Å². The number of anilines is 1. The second-order valence-electron chi connectivity index (χ2n) is 4.87. The van der Waals surface area contributed by atoms with Gasteiger partial charge in [-0.15, -0.1) is 0 Å². The highest BCUT2D eigenvalue weighted by atomic mass is 32.2. The topological polar surface area (TPSA) is 55.4 Å². The minimum absolute atomic E-state index is 0.164. The molecule has 1 saturated carbocycles. The molecule has 1 aromatic rings. The number of sulfone groups is 1. The van der Waals surface area contributed by atoms with Gasteiger partial charge in [0, 0.05) is 12.8 Å². The molecule has 0 aliphatic heterocycles. The van der Waals surface area contributed by atoms with Gasteiger partial charge in [0.25, 0.3) is 0 Å². The Kier molecular flexibility index (Phi) is 4.59. The Bertz CT molecular complexity index is 541. The molecule has 0 aromatic heterocycles. The molecule has 1 aliphatic rings. The molecule has 0 heterocycles. The van der Waals surface area contributed by atoms with E-state index in [-0.39, 0.29) is 10.9 Å². The Morgan fingerprint density at radius 3 is 2.35 bits per heavy atom. The Morgan fingerprint density at radius 1 is 1.30 bits per heavy atom. The van der Waals surface area contributed by atoms with E-state index in [1.807, 2.05) is 0 Å². The van der Waals surface area contributed by atoms with Gasteiger partial charge in [0.05, 0.1) is 17.5 Å². The molecule has 0 amide bonds. The van der Waals surface area contributed by atoms with Crippen molar-refractivity contribution in [2.24, 2.45) is 5.92 Å². The van der Waals surface area contributed by atoms with Crippen molar-refractivity contribution < 1.29 is 21.9 Å². The predicted octanol–water partition coefficient (Wildman–Crippen LogP) is 2.52. The van der Waals surface area contributed by atoms with Crippen molar-refractivity contribution in [2.75, 3.05) is 19.0 Å². The van der Waals surface area contributed by atoms with Crippen LogP contribution < -0.4 is 5.32 Å². The summed E-state index contributed by atoms with van der Waals surface area (Å²) in [6.45, 7) is 0.557. The number of hydrogen-bond acceptors (Lipinski definition) is 4. The first-order chi connectivity index (χ1) is 9.45. The summed E-state index contributed by atoms with van der Waals surface area (Å²) in [5.74, 6) is -2.84. The number of nitrogens with one attached hydrogen (secondary N) is 1. The molecule has 1 unspecified atom stereocenters. The van der Waals surface area contributed by atoms with Gasteiger partial charge in [0.2, 0.25) is 9.84 Å². The number of methoxy groups -OCH3 is 1. The highest BCUT2D eigenvalue weighted by Gasteiger charge is 2.31. The van der Waals surface area contributed by atoms with Gasteiger partial charge in [-0.2, -0.15) is 8.78 Å². The molecule has 7 heteroatoms. The maximum absolute atomic E-state index is 12.4. The summed E-state index contributed by atoms with van der Waals surface area (Å²) < 4.78 is 52.5. The maximum atomic E-state index is 12.4. The zero-order chi connectivity index (χ0) is 14.8. The zero-order valence-corrected chi connectivity index (χ0v) is 11.9. The monoisotopic (exact) mass is 305 g/mol. The lowest BCUT2D eigenvalue weighted by Crippen LogP contribution is -2.27. The van der Waals surface area contributed by atoms with E-state index < -0.39 is 15.6 Å². The molecule has 20 heavy (non-hydrogen) atoms. The number of halogens is 2. The van der Waals surface area contributed by atoms with Crippen LogP contribution in [0.5, 0.6) is 0 Å². The van der Waals surface area contributed by atoms with E-state index >= 15 is 0 Å². The Hall–Kier alpha value is -1.21. The largest absolute Gasteiger partial charge is 0.383 e. The molecule has 1 atom stereocenters. The Balaban J connectivity index is 2.08. The van der Waals surface area contributed by atoms with Crippen LogP contribution in [0.2, 0.25) is 0 Å². The van der Waals surface area contributed by atoms with Gasteiger partial charge < -0.3 is 10.1 Å². The van der Waals surface area contributed by atoms with Crippen molar-refractivity contribution in [1.29, 1.82) is 0 Å². The minimum atomic E-state index is -4.52. The fourth-order valence-corrected chi connectivity index (χ4v) is 2.75. The molecule has 0 bridgehead atoms. The van der Waals surface area contributed by atoms with Gasteiger partial charge >= 0.3 is 5.76 Å². The average molecular weight is 305 g/mol. The third-order valence-electron chi connectivity index (χ3n) is 3.31. The predicted molar refractivity (Wildman–Crippen MR) is 71.6 cm³/mol. The van der Waals surface area contributed by atoms with Gasteiger partial charge in [-0.05, 0) is 43.0 Å². The van der Waals surface area contributed by atoms with Crippen LogP contribution in [0.4, 0.5) is 14.5 Å². The highest BCUT2D eigenvalue weighted by molar-refractivity contribution is 7.91. The summed E-state index contributed by atoms with van der Waals surface area (Å²) in [5, 5.41) is 3.24.